The lowest BCUT2D eigenvalue weighted by Gasteiger charge is -2.17. The van der Waals surface area contributed by atoms with Crippen LogP contribution in [-0.4, -0.2) is 25.0 Å². The van der Waals surface area contributed by atoms with Gasteiger partial charge in [0.2, 0.25) is 11.8 Å². The minimum Gasteiger partial charge on any atom is -0.473 e. The second-order valence-corrected chi connectivity index (χ2v) is 5.01. The molecule has 6 heteroatoms. The zero-order valence-electron chi connectivity index (χ0n) is 12.8. The Kier molecular flexibility index (Phi) is 4.93. The van der Waals surface area contributed by atoms with E-state index in [9.17, 15) is 9.18 Å². The lowest BCUT2D eigenvalue weighted by Crippen LogP contribution is -2.16. The highest BCUT2D eigenvalue weighted by atomic mass is 19.1. The fourth-order valence-corrected chi connectivity index (χ4v) is 1.87. The van der Waals surface area contributed by atoms with Crippen LogP contribution in [0.1, 0.15) is 12.5 Å². The van der Waals surface area contributed by atoms with Crippen molar-refractivity contribution in [1.82, 2.24) is 4.98 Å². The van der Waals surface area contributed by atoms with Gasteiger partial charge in [-0.25, -0.2) is 4.39 Å². The van der Waals surface area contributed by atoms with E-state index in [1.807, 2.05) is 25.1 Å². The number of aromatic nitrogens is 1. The van der Waals surface area contributed by atoms with E-state index in [1.165, 1.54) is 19.1 Å². The molecule has 0 aliphatic rings. The molecule has 0 bridgehead atoms. The van der Waals surface area contributed by atoms with Crippen LogP contribution in [0.15, 0.2) is 36.4 Å². The highest BCUT2D eigenvalue weighted by molar-refractivity contribution is 5.91. The van der Waals surface area contributed by atoms with Crippen molar-refractivity contribution in [2.24, 2.45) is 0 Å². The predicted molar refractivity (Wildman–Crippen MR) is 83.6 cm³/mol. The molecule has 1 amide bonds. The molecule has 0 saturated heterocycles. The van der Waals surface area contributed by atoms with E-state index in [1.54, 1.807) is 18.2 Å². The smallest absolute Gasteiger partial charge is 0.222 e. The molecule has 1 N–H and O–H groups in total. The van der Waals surface area contributed by atoms with Crippen LogP contribution in [0.2, 0.25) is 0 Å². The van der Waals surface area contributed by atoms with Crippen molar-refractivity contribution in [2.75, 3.05) is 24.3 Å². The van der Waals surface area contributed by atoms with E-state index in [-0.39, 0.29) is 18.3 Å². The monoisotopic (exact) mass is 303 g/mol. The van der Waals surface area contributed by atoms with Crippen LogP contribution in [0, 0.1) is 5.82 Å². The molecule has 0 fully saturated rings. The van der Waals surface area contributed by atoms with Crippen LogP contribution in [0.4, 0.5) is 15.9 Å². The average molecular weight is 303 g/mol. The summed E-state index contributed by atoms with van der Waals surface area (Å²) in [7, 11) is 3.72. The van der Waals surface area contributed by atoms with Gasteiger partial charge < -0.3 is 15.0 Å². The zero-order valence-corrected chi connectivity index (χ0v) is 12.8. The molecule has 5 nitrogen and oxygen atoms in total. The van der Waals surface area contributed by atoms with Crippen molar-refractivity contribution in [2.45, 2.75) is 13.5 Å². The third kappa shape index (κ3) is 4.18. The molecule has 0 spiro atoms. The molecule has 0 saturated carbocycles. The van der Waals surface area contributed by atoms with Gasteiger partial charge in [0.1, 0.15) is 12.4 Å². The minimum absolute atomic E-state index is 0.203. The minimum atomic E-state index is -0.287. The van der Waals surface area contributed by atoms with Gasteiger partial charge in [-0.05, 0) is 23.8 Å². The van der Waals surface area contributed by atoms with Gasteiger partial charge in [-0.3, -0.25) is 4.79 Å². The van der Waals surface area contributed by atoms with Crippen LogP contribution >= 0.6 is 0 Å². The number of nitrogens with one attached hydrogen (secondary N) is 1. The number of rotatable bonds is 5. The summed E-state index contributed by atoms with van der Waals surface area (Å²) in [5.74, 6) is 0.337. The molecule has 0 atom stereocenters. The van der Waals surface area contributed by atoms with Crippen LogP contribution in [0.3, 0.4) is 0 Å². The van der Waals surface area contributed by atoms with Crippen molar-refractivity contribution < 1.29 is 13.9 Å². The number of hydrogen-bond acceptors (Lipinski definition) is 4. The van der Waals surface area contributed by atoms with Gasteiger partial charge >= 0.3 is 0 Å². The van der Waals surface area contributed by atoms with Crippen molar-refractivity contribution >= 4 is 17.4 Å². The summed E-state index contributed by atoms with van der Waals surface area (Å²) in [5.41, 5.74) is 1.62. The van der Waals surface area contributed by atoms with Gasteiger partial charge in [-0.1, -0.05) is 12.1 Å². The predicted octanol–water partition coefficient (Wildman–Crippen LogP) is 2.82. The largest absolute Gasteiger partial charge is 0.473 e. The van der Waals surface area contributed by atoms with Crippen molar-refractivity contribution in [1.29, 1.82) is 0 Å². The molecule has 1 aromatic carbocycles. The van der Waals surface area contributed by atoms with Gasteiger partial charge in [0.15, 0.2) is 5.82 Å². The molecule has 22 heavy (non-hydrogen) atoms. The fourth-order valence-electron chi connectivity index (χ4n) is 1.87. The molecule has 0 unspecified atom stereocenters. The Morgan fingerprint density at radius 3 is 2.50 bits per heavy atom. The molecule has 1 aromatic heterocycles. The summed E-state index contributed by atoms with van der Waals surface area (Å²) >= 11 is 0. The molecule has 0 aliphatic heterocycles. The summed E-state index contributed by atoms with van der Waals surface area (Å²) in [4.78, 5) is 17.4. The molecule has 1 heterocycles. The Balaban J connectivity index is 2.13. The number of benzene rings is 1. The Morgan fingerprint density at radius 1 is 1.23 bits per heavy atom. The number of nitrogens with zero attached hydrogens (tertiary/aromatic N) is 2. The first kappa shape index (κ1) is 15.8. The summed E-state index contributed by atoms with van der Waals surface area (Å²) in [5, 5.41) is 2.68. The Morgan fingerprint density at radius 2 is 1.91 bits per heavy atom. The van der Waals surface area contributed by atoms with Crippen molar-refractivity contribution in [3.63, 3.8) is 0 Å². The van der Waals surface area contributed by atoms with E-state index in [0.29, 0.717) is 11.7 Å². The Bertz CT molecular complexity index is 657. The SMILES string of the molecule is CC(=O)Nc1nc(OCc2ccc(F)cc2)ccc1N(C)C. The van der Waals surface area contributed by atoms with E-state index in [0.717, 1.165) is 11.3 Å². The van der Waals surface area contributed by atoms with Gasteiger partial charge in [-0.15, -0.1) is 0 Å². The first-order valence-corrected chi connectivity index (χ1v) is 6.79. The summed E-state index contributed by atoms with van der Waals surface area (Å²) in [6.07, 6.45) is 0. The number of pyridine rings is 1. The molecular formula is C16H18FN3O2. The third-order valence-corrected chi connectivity index (χ3v) is 2.92. The van der Waals surface area contributed by atoms with Crippen molar-refractivity contribution in [3.05, 3.63) is 47.8 Å². The maximum atomic E-state index is 12.8. The van der Waals surface area contributed by atoms with Crippen LogP contribution in [-0.2, 0) is 11.4 Å². The molecule has 2 aromatic rings. The normalized spacial score (nSPS) is 10.2. The second kappa shape index (κ2) is 6.89. The van der Waals surface area contributed by atoms with Crippen LogP contribution in [0.5, 0.6) is 5.88 Å². The van der Waals surface area contributed by atoms with E-state index in [4.69, 9.17) is 4.74 Å². The van der Waals surface area contributed by atoms with Gasteiger partial charge in [-0.2, -0.15) is 4.98 Å². The number of hydrogen-bond donors (Lipinski definition) is 1. The molecule has 0 radical (unpaired) electrons. The van der Waals surface area contributed by atoms with Crippen molar-refractivity contribution in [3.8, 4) is 5.88 Å². The average Bonchev–Trinajstić information content (AvgIpc) is 2.46. The topological polar surface area (TPSA) is 54.5 Å². The summed E-state index contributed by atoms with van der Waals surface area (Å²) in [6, 6.07) is 9.60. The first-order valence-electron chi connectivity index (χ1n) is 6.79. The van der Waals surface area contributed by atoms with Gasteiger partial charge in [0.05, 0.1) is 5.69 Å². The van der Waals surface area contributed by atoms with E-state index < -0.39 is 0 Å². The number of ether oxygens (including phenoxy) is 1. The summed E-state index contributed by atoms with van der Waals surface area (Å²) in [6.45, 7) is 1.70. The lowest BCUT2D eigenvalue weighted by molar-refractivity contribution is -0.114. The van der Waals surface area contributed by atoms with E-state index in [2.05, 4.69) is 10.3 Å². The number of halogens is 1. The Labute approximate surface area is 128 Å². The van der Waals surface area contributed by atoms with Gasteiger partial charge in [0, 0.05) is 27.1 Å². The first-order chi connectivity index (χ1) is 10.5. The second-order valence-electron chi connectivity index (χ2n) is 5.01. The highest BCUT2D eigenvalue weighted by Gasteiger charge is 2.10. The highest BCUT2D eigenvalue weighted by Crippen LogP contribution is 2.25. The zero-order chi connectivity index (χ0) is 16.1. The number of carbonyl (C=O) groups excluding carboxylic acids is 1. The summed E-state index contributed by atoms with van der Waals surface area (Å²) < 4.78 is 18.4. The van der Waals surface area contributed by atoms with Gasteiger partial charge in [0.25, 0.3) is 0 Å². The molecule has 0 aliphatic carbocycles. The standard InChI is InChI=1S/C16H18FN3O2/c1-11(21)18-16-14(20(2)3)8-9-15(19-16)22-10-12-4-6-13(17)7-5-12/h4-9H,10H2,1-3H3,(H,18,19,21). The van der Waals surface area contributed by atoms with Crippen LogP contribution < -0.4 is 15.0 Å². The maximum absolute atomic E-state index is 12.8. The molecular weight excluding hydrogens is 285 g/mol. The molecule has 116 valence electrons. The third-order valence-electron chi connectivity index (χ3n) is 2.92. The quantitative estimate of drug-likeness (QED) is 0.923. The number of carbonyl (C=O) groups is 1. The molecule has 2 rings (SSSR count). The number of anilines is 2. The van der Waals surface area contributed by atoms with Crippen LogP contribution in [0.25, 0.3) is 0 Å². The number of amides is 1. The Hall–Kier alpha value is -2.63. The maximum Gasteiger partial charge on any atom is 0.222 e. The lowest BCUT2D eigenvalue weighted by atomic mass is 10.2. The van der Waals surface area contributed by atoms with E-state index >= 15 is 0 Å². The fraction of sp³-hybridized carbons (Fsp3) is 0.250.